The number of carbonyl (C=O) groups excluding carboxylic acids is 4. The van der Waals surface area contributed by atoms with E-state index in [1.165, 1.54) is 360 Å². The third-order valence-corrected chi connectivity index (χ3v) is 24.5. The second-order valence-corrected chi connectivity index (χ2v) is 37.0. The zero-order chi connectivity index (χ0) is 83.1. The van der Waals surface area contributed by atoms with E-state index >= 15 is 0 Å². The van der Waals surface area contributed by atoms with Crippen LogP contribution in [0.15, 0.2) is 0 Å². The van der Waals surface area contributed by atoms with E-state index in [0.717, 1.165) is 89.9 Å². The van der Waals surface area contributed by atoms with E-state index < -0.39 is 97.5 Å². The van der Waals surface area contributed by atoms with Crippen molar-refractivity contribution in [3.63, 3.8) is 0 Å². The van der Waals surface area contributed by atoms with Gasteiger partial charge in [-0.1, -0.05) is 477 Å². The van der Waals surface area contributed by atoms with Gasteiger partial charge in [-0.2, -0.15) is 0 Å². The predicted molar refractivity (Wildman–Crippen MR) is 474 cm³/mol. The molecule has 0 rings (SSSR count). The lowest BCUT2D eigenvalue weighted by molar-refractivity contribution is -0.161. The summed E-state index contributed by atoms with van der Waals surface area (Å²) < 4.78 is 69.2. The first kappa shape index (κ1) is 112. The van der Waals surface area contributed by atoms with Crippen molar-refractivity contribution >= 4 is 39.5 Å². The Balaban J connectivity index is 5.23. The van der Waals surface area contributed by atoms with Crippen LogP contribution in [0, 0.1) is 0 Å². The van der Waals surface area contributed by atoms with Gasteiger partial charge in [-0.05, 0) is 25.7 Å². The molecule has 0 aromatic rings. The minimum Gasteiger partial charge on any atom is -0.462 e. The van der Waals surface area contributed by atoms with Crippen molar-refractivity contribution in [3.05, 3.63) is 0 Å². The van der Waals surface area contributed by atoms with E-state index in [9.17, 15) is 43.2 Å². The smallest absolute Gasteiger partial charge is 0.462 e. The molecule has 2 unspecified atom stereocenters. The molecule has 3 N–H and O–H groups in total. The number of aliphatic hydroxyl groups excluding tert-OH is 1. The number of aliphatic hydroxyl groups is 1. The predicted octanol–water partition coefficient (Wildman–Crippen LogP) is 30.0. The van der Waals surface area contributed by atoms with Crippen LogP contribution in [0.2, 0.25) is 0 Å². The maximum Gasteiger partial charge on any atom is 0.472 e. The number of hydrogen-bond acceptors (Lipinski definition) is 15. The third-order valence-electron chi connectivity index (χ3n) is 22.6. The number of phosphoric acid groups is 2. The maximum absolute atomic E-state index is 13.2. The second-order valence-electron chi connectivity index (χ2n) is 34.1. The number of unbranched alkanes of at least 4 members (excludes halogenated alkanes) is 70. The lowest BCUT2D eigenvalue weighted by Crippen LogP contribution is -2.30. The molecule has 0 aliphatic carbocycles. The van der Waals surface area contributed by atoms with Gasteiger partial charge in [0.05, 0.1) is 26.4 Å². The summed E-state index contributed by atoms with van der Waals surface area (Å²) in [5.74, 6) is -2.09. The van der Waals surface area contributed by atoms with Crippen LogP contribution in [-0.4, -0.2) is 96.7 Å². The number of hydrogen-bond donors (Lipinski definition) is 3. The van der Waals surface area contributed by atoms with Crippen molar-refractivity contribution in [1.82, 2.24) is 0 Å². The van der Waals surface area contributed by atoms with Gasteiger partial charge in [0.1, 0.15) is 19.3 Å². The van der Waals surface area contributed by atoms with Crippen LogP contribution in [-0.2, 0) is 65.4 Å². The Morgan fingerprint density at radius 2 is 0.351 bits per heavy atom. The van der Waals surface area contributed by atoms with Gasteiger partial charge < -0.3 is 33.8 Å². The topological polar surface area (TPSA) is 237 Å². The summed E-state index contributed by atoms with van der Waals surface area (Å²) >= 11 is 0. The summed E-state index contributed by atoms with van der Waals surface area (Å²) in [6.07, 6.45) is 87.7. The normalized spacial score (nSPS) is 13.6. The molecule has 17 nitrogen and oxygen atoms in total. The Bertz CT molecular complexity index is 2140. The minimum absolute atomic E-state index is 0.110. The molecular formula is C95H186O17P2. The Morgan fingerprint density at radius 1 is 0.211 bits per heavy atom. The van der Waals surface area contributed by atoms with E-state index in [4.69, 9.17) is 37.0 Å². The molecule has 0 bridgehead atoms. The fraction of sp³-hybridized carbons (Fsp3) is 0.958. The van der Waals surface area contributed by atoms with Crippen LogP contribution in [0.3, 0.4) is 0 Å². The summed E-state index contributed by atoms with van der Waals surface area (Å²) in [4.78, 5) is 73.6. The molecular weight excluding hydrogens is 1470 g/mol. The van der Waals surface area contributed by atoms with E-state index in [0.29, 0.717) is 25.7 Å². The highest BCUT2D eigenvalue weighted by Gasteiger charge is 2.31. The molecule has 678 valence electrons. The average Bonchev–Trinajstić information content (AvgIpc) is 0.897. The van der Waals surface area contributed by atoms with Crippen LogP contribution < -0.4 is 0 Å². The first-order chi connectivity index (χ1) is 55.7. The van der Waals surface area contributed by atoms with Crippen molar-refractivity contribution in [1.29, 1.82) is 0 Å². The van der Waals surface area contributed by atoms with Crippen molar-refractivity contribution in [2.24, 2.45) is 0 Å². The van der Waals surface area contributed by atoms with Crippen LogP contribution in [0.25, 0.3) is 0 Å². The van der Waals surface area contributed by atoms with Crippen molar-refractivity contribution in [2.75, 3.05) is 39.6 Å². The summed E-state index contributed by atoms with van der Waals surface area (Å²) in [7, 11) is -9.94. The van der Waals surface area contributed by atoms with Gasteiger partial charge in [0.15, 0.2) is 12.2 Å². The number of phosphoric ester groups is 2. The summed E-state index contributed by atoms with van der Waals surface area (Å²) in [5.41, 5.74) is 0. The SMILES string of the molecule is CCCCCCCCCCCCCCCCCCCCCCCC(=O)OC[C@H](COP(=O)(O)OC[C@@H](O)COP(=O)(O)OC[C@@H](COC(=O)CCCCCCCCCCCCCC)OC(=O)CCCCCCCCCCCCCCCCCCCCCC)OC(=O)CCCCCCCCCCCCCCCCCCCCCCC. The van der Waals surface area contributed by atoms with E-state index in [1.807, 2.05) is 0 Å². The van der Waals surface area contributed by atoms with Crippen LogP contribution in [0.4, 0.5) is 0 Å². The van der Waals surface area contributed by atoms with Gasteiger partial charge in [0, 0.05) is 25.7 Å². The highest BCUT2D eigenvalue weighted by Crippen LogP contribution is 2.45. The number of rotatable bonds is 96. The molecule has 0 aromatic carbocycles. The molecule has 0 aromatic heterocycles. The Kier molecular flexibility index (Phi) is 87.3. The number of ether oxygens (including phenoxy) is 4. The molecule has 0 radical (unpaired) electrons. The number of esters is 4. The molecule has 19 heteroatoms. The van der Waals surface area contributed by atoms with Gasteiger partial charge in [0.2, 0.25) is 0 Å². The fourth-order valence-corrected chi connectivity index (χ4v) is 16.7. The molecule has 0 saturated heterocycles. The molecule has 0 heterocycles. The van der Waals surface area contributed by atoms with Gasteiger partial charge in [-0.15, -0.1) is 0 Å². The van der Waals surface area contributed by atoms with Crippen molar-refractivity contribution in [3.8, 4) is 0 Å². The average molecular weight is 1660 g/mol. The van der Waals surface area contributed by atoms with Gasteiger partial charge in [-0.25, -0.2) is 9.13 Å². The largest absolute Gasteiger partial charge is 0.472 e. The fourth-order valence-electron chi connectivity index (χ4n) is 15.1. The van der Waals surface area contributed by atoms with Crippen LogP contribution >= 0.6 is 15.6 Å². The van der Waals surface area contributed by atoms with Crippen LogP contribution in [0.1, 0.15) is 529 Å². The first-order valence-corrected chi connectivity index (χ1v) is 52.3. The highest BCUT2D eigenvalue weighted by molar-refractivity contribution is 7.47. The standard InChI is InChI=1S/C95H186O17P2/c1-5-9-13-17-21-25-29-33-36-39-42-45-48-50-53-56-60-64-68-72-76-80-93(98)106-86-91(112-95(100)82-78-74-70-66-62-58-55-52-49-46-43-40-37-34-30-26-22-18-14-10-6-2)88-110-114(103,104)108-84-89(96)83-107-113(101,102)109-87-90(85-105-92(97)79-75-71-67-63-59-32-28-24-20-16-12-8-4)111-94(99)81-77-73-69-65-61-57-54-51-47-44-41-38-35-31-27-23-19-15-11-7-3/h89-91,96H,5-88H2,1-4H3,(H,101,102)(H,103,104)/t89-,90+,91+/m0/s1. The van der Waals surface area contributed by atoms with Crippen LogP contribution in [0.5, 0.6) is 0 Å². The Morgan fingerprint density at radius 3 is 0.518 bits per heavy atom. The molecule has 114 heavy (non-hydrogen) atoms. The highest BCUT2D eigenvalue weighted by atomic mass is 31.2. The number of carbonyl (C=O) groups is 4. The van der Waals surface area contributed by atoms with E-state index in [1.54, 1.807) is 0 Å². The lowest BCUT2D eigenvalue weighted by Gasteiger charge is -2.21. The molecule has 0 aliphatic heterocycles. The van der Waals surface area contributed by atoms with Gasteiger partial charge in [-0.3, -0.25) is 37.3 Å². The van der Waals surface area contributed by atoms with Gasteiger partial charge >= 0.3 is 39.5 Å². The Labute approximate surface area is 702 Å². The zero-order valence-electron chi connectivity index (χ0n) is 75.1. The summed E-state index contributed by atoms with van der Waals surface area (Å²) in [5, 5.41) is 10.7. The molecule has 0 spiro atoms. The van der Waals surface area contributed by atoms with Crippen molar-refractivity contribution in [2.45, 2.75) is 547 Å². The Hall–Kier alpha value is -1.94. The zero-order valence-corrected chi connectivity index (χ0v) is 76.9. The molecule has 0 saturated carbocycles. The molecule has 0 aliphatic rings. The molecule has 5 atom stereocenters. The maximum atomic E-state index is 13.2. The first-order valence-electron chi connectivity index (χ1n) is 49.3. The van der Waals surface area contributed by atoms with Gasteiger partial charge in [0.25, 0.3) is 0 Å². The van der Waals surface area contributed by atoms with Crippen molar-refractivity contribution < 1.29 is 80.2 Å². The molecule has 0 fully saturated rings. The second kappa shape index (κ2) is 88.8. The van der Waals surface area contributed by atoms with E-state index in [-0.39, 0.29) is 25.7 Å². The summed E-state index contributed by atoms with van der Waals surface area (Å²) in [6, 6.07) is 0. The minimum atomic E-state index is -4.97. The quantitative estimate of drug-likeness (QED) is 0.0222. The monoisotopic (exact) mass is 1660 g/mol. The molecule has 0 amide bonds. The third kappa shape index (κ3) is 87.9. The lowest BCUT2D eigenvalue weighted by atomic mass is 10.0. The van der Waals surface area contributed by atoms with E-state index in [2.05, 4.69) is 27.7 Å². The summed E-state index contributed by atoms with van der Waals surface area (Å²) in [6.45, 7) is 5.11.